The third kappa shape index (κ3) is 3.47. The number of hydrogen-bond donors (Lipinski definition) is 2. The number of halogens is 2. The van der Waals surface area contributed by atoms with Crippen LogP contribution < -0.4 is 10.2 Å². The van der Waals surface area contributed by atoms with Crippen molar-refractivity contribution in [1.82, 2.24) is 0 Å². The average molecular weight is 365 g/mol. The van der Waals surface area contributed by atoms with Gasteiger partial charge in [0, 0.05) is 24.3 Å². The average Bonchev–Trinajstić information content (AvgIpc) is 2.94. The molecule has 1 heterocycles. The molecule has 0 spiro atoms. The van der Waals surface area contributed by atoms with Crippen LogP contribution in [0, 0.1) is 5.92 Å². The molecule has 1 fully saturated rings. The predicted octanol–water partition coefficient (Wildman–Crippen LogP) is 3.69. The molecule has 3 rings (SSSR count). The topological polar surface area (TPSA) is 69.6 Å². The molecule has 0 radical (unpaired) electrons. The van der Waals surface area contributed by atoms with Crippen LogP contribution in [-0.2, 0) is 9.59 Å². The smallest absolute Gasteiger partial charge is 0.229 e. The largest absolute Gasteiger partial charge is 0.508 e. The summed E-state index contributed by atoms with van der Waals surface area (Å²) in [7, 11) is 0. The summed E-state index contributed by atoms with van der Waals surface area (Å²) in [5, 5.41) is 12.8. The lowest BCUT2D eigenvalue weighted by Crippen LogP contribution is -2.28. The number of rotatable bonds is 3. The molecule has 2 aromatic carbocycles. The van der Waals surface area contributed by atoms with Crippen molar-refractivity contribution >= 4 is 46.4 Å². The molecule has 0 aliphatic carbocycles. The standard InChI is InChI=1S/C17H14Cl2N2O3/c18-14-6-3-12(8-15(14)19)21-9-10(7-16(21)23)17(24)20-11-1-4-13(22)5-2-11/h1-6,8,10,22H,7,9H2,(H,20,24)/t10-/m1/s1. The number of nitrogens with zero attached hydrogens (tertiary/aromatic N) is 1. The zero-order valence-corrected chi connectivity index (χ0v) is 14.0. The van der Waals surface area contributed by atoms with Crippen molar-refractivity contribution in [2.45, 2.75) is 6.42 Å². The van der Waals surface area contributed by atoms with Crippen LogP contribution in [-0.4, -0.2) is 23.5 Å². The molecule has 1 aliphatic heterocycles. The van der Waals surface area contributed by atoms with Crippen LogP contribution in [0.1, 0.15) is 6.42 Å². The molecule has 2 aromatic rings. The zero-order chi connectivity index (χ0) is 17.3. The van der Waals surface area contributed by atoms with Crippen LogP contribution >= 0.6 is 23.2 Å². The Bertz CT molecular complexity index is 793. The Labute approximate surface area is 148 Å². The number of hydrogen-bond acceptors (Lipinski definition) is 3. The van der Waals surface area contributed by atoms with E-state index in [2.05, 4.69) is 5.32 Å². The highest BCUT2D eigenvalue weighted by Crippen LogP contribution is 2.31. The van der Waals surface area contributed by atoms with Crippen LogP contribution in [0.3, 0.4) is 0 Å². The second kappa shape index (κ2) is 6.71. The Kier molecular flexibility index (Phi) is 4.64. The number of phenolic OH excluding ortho intramolecular Hbond substituents is 1. The summed E-state index contributed by atoms with van der Waals surface area (Å²) in [5.74, 6) is -0.716. The van der Waals surface area contributed by atoms with Crippen molar-refractivity contribution in [3.63, 3.8) is 0 Å². The van der Waals surface area contributed by atoms with E-state index in [0.29, 0.717) is 21.4 Å². The third-order valence-corrected chi connectivity index (χ3v) is 4.58. The van der Waals surface area contributed by atoms with E-state index in [9.17, 15) is 14.7 Å². The number of phenols is 1. The van der Waals surface area contributed by atoms with Crippen molar-refractivity contribution in [2.24, 2.45) is 5.92 Å². The lowest BCUT2D eigenvalue weighted by molar-refractivity contribution is -0.122. The maximum absolute atomic E-state index is 12.3. The fourth-order valence-corrected chi connectivity index (χ4v) is 2.87. The first-order valence-electron chi connectivity index (χ1n) is 7.29. The predicted molar refractivity (Wildman–Crippen MR) is 93.7 cm³/mol. The molecule has 2 amide bonds. The van der Waals surface area contributed by atoms with Gasteiger partial charge in [-0.3, -0.25) is 9.59 Å². The van der Waals surface area contributed by atoms with Crippen LogP contribution in [0.5, 0.6) is 5.75 Å². The van der Waals surface area contributed by atoms with Gasteiger partial charge < -0.3 is 15.3 Å². The fourth-order valence-electron chi connectivity index (χ4n) is 2.57. The Balaban J connectivity index is 1.70. The molecule has 0 saturated carbocycles. The van der Waals surface area contributed by atoms with E-state index in [4.69, 9.17) is 23.2 Å². The summed E-state index contributed by atoms with van der Waals surface area (Å²) < 4.78 is 0. The maximum atomic E-state index is 12.3. The van der Waals surface area contributed by atoms with Crippen LogP contribution in [0.4, 0.5) is 11.4 Å². The summed E-state index contributed by atoms with van der Waals surface area (Å²) in [6, 6.07) is 11.1. The van der Waals surface area contributed by atoms with E-state index in [-0.39, 0.29) is 30.5 Å². The summed E-state index contributed by atoms with van der Waals surface area (Å²) in [5.41, 5.74) is 1.19. The van der Waals surface area contributed by atoms with Gasteiger partial charge in [0.1, 0.15) is 5.75 Å². The minimum atomic E-state index is -0.458. The lowest BCUT2D eigenvalue weighted by atomic mass is 10.1. The minimum Gasteiger partial charge on any atom is -0.508 e. The van der Waals surface area contributed by atoms with E-state index in [1.807, 2.05) is 0 Å². The quantitative estimate of drug-likeness (QED) is 0.815. The second-order valence-corrected chi connectivity index (χ2v) is 6.35. The van der Waals surface area contributed by atoms with Gasteiger partial charge in [-0.2, -0.15) is 0 Å². The molecular weight excluding hydrogens is 351 g/mol. The highest BCUT2D eigenvalue weighted by atomic mass is 35.5. The Hall–Kier alpha value is -2.24. The van der Waals surface area contributed by atoms with Crippen molar-refractivity contribution in [3.8, 4) is 5.75 Å². The van der Waals surface area contributed by atoms with Crippen molar-refractivity contribution in [1.29, 1.82) is 0 Å². The highest BCUT2D eigenvalue weighted by Gasteiger charge is 2.35. The molecular formula is C17H14Cl2N2O3. The number of nitrogens with one attached hydrogen (secondary N) is 1. The lowest BCUT2D eigenvalue weighted by Gasteiger charge is -2.17. The Morgan fingerprint density at radius 2 is 1.83 bits per heavy atom. The fraction of sp³-hybridized carbons (Fsp3) is 0.176. The molecule has 5 nitrogen and oxygen atoms in total. The van der Waals surface area contributed by atoms with Crippen LogP contribution in [0.2, 0.25) is 10.0 Å². The van der Waals surface area contributed by atoms with Gasteiger partial charge in [-0.1, -0.05) is 23.2 Å². The number of aromatic hydroxyl groups is 1. The second-order valence-electron chi connectivity index (χ2n) is 5.54. The summed E-state index contributed by atoms with van der Waals surface area (Å²) >= 11 is 11.9. The van der Waals surface area contributed by atoms with Gasteiger partial charge in [0.15, 0.2) is 0 Å². The molecule has 0 unspecified atom stereocenters. The number of anilines is 2. The highest BCUT2D eigenvalue weighted by molar-refractivity contribution is 6.42. The number of carbonyl (C=O) groups excluding carboxylic acids is 2. The van der Waals surface area contributed by atoms with Gasteiger partial charge in [0.05, 0.1) is 16.0 Å². The van der Waals surface area contributed by atoms with Crippen molar-refractivity contribution < 1.29 is 14.7 Å². The molecule has 0 aromatic heterocycles. The molecule has 24 heavy (non-hydrogen) atoms. The minimum absolute atomic E-state index is 0.120. The third-order valence-electron chi connectivity index (χ3n) is 3.85. The number of benzene rings is 2. The molecule has 0 bridgehead atoms. The van der Waals surface area contributed by atoms with Gasteiger partial charge in [-0.05, 0) is 42.5 Å². The molecule has 1 aliphatic rings. The van der Waals surface area contributed by atoms with Gasteiger partial charge in [-0.15, -0.1) is 0 Å². The van der Waals surface area contributed by atoms with Crippen LogP contribution in [0.15, 0.2) is 42.5 Å². The molecule has 2 N–H and O–H groups in total. The SMILES string of the molecule is O=C(Nc1ccc(O)cc1)[C@@H]1CC(=O)N(c2ccc(Cl)c(Cl)c2)C1. The van der Waals surface area contributed by atoms with Crippen molar-refractivity contribution in [2.75, 3.05) is 16.8 Å². The molecule has 7 heteroatoms. The van der Waals surface area contributed by atoms with Gasteiger partial charge in [0.25, 0.3) is 0 Å². The summed E-state index contributed by atoms with van der Waals surface area (Å²) in [6.07, 6.45) is 0.129. The normalized spacial score (nSPS) is 17.2. The Morgan fingerprint density at radius 3 is 2.50 bits per heavy atom. The first kappa shape index (κ1) is 16.6. The number of amides is 2. The molecule has 1 saturated heterocycles. The van der Waals surface area contributed by atoms with E-state index >= 15 is 0 Å². The summed E-state index contributed by atoms with van der Waals surface area (Å²) in [6.45, 7) is 0.278. The zero-order valence-electron chi connectivity index (χ0n) is 12.5. The first-order valence-corrected chi connectivity index (χ1v) is 8.05. The van der Waals surface area contributed by atoms with Crippen LogP contribution in [0.25, 0.3) is 0 Å². The van der Waals surface area contributed by atoms with E-state index in [0.717, 1.165) is 0 Å². The van der Waals surface area contributed by atoms with Gasteiger partial charge in [0.2, 0.25) is 11.8 Å². The van der Waals surface area contributed by atoms with Gasteiger partial charge >= 0.3 is 0 Å². The monoisotopic (exact) mass is 364 g/mol. The Morgan fingerprint density at radius 1 is 1.12 bits per heavy atom. The summed E-state index contributed by atoms with van der Waals surface area (Å²) in [4.78, 5) is 26.1. The maximum Gasteiger partial charge on any atom is 0.229 e. The number of carbonyl (C=O) groups is 2. The molecule has 1 atom stereocenters. The molecule has 124 valence electrons. The van der Waals surface area contributed by atoms with E-state index in [1.54, 1.807) is 30.3 Å². The van der Waals surface area contributed by atoms with E-state index < -0.39 is 5.92 Å². The van der Waals surface area contributed by atoms with E-state index in [1.165, 1.54) is 17.0 Å². The van der Waals surface area contributed by atoms with Gasteiger partial charge in [-0.25, -0.2) is 0 Å². The van der Waals surface area contributed by atoms with Crippen molar-refractivity contribution in [3.05, 3.63) is 52.5 Å². The first-order chi connectivity index (χ1) is 11.4.